The fourth-order valence-corrected chi connectivity index (χ4v) is 3.52. The van der Waals surface area contributed by atoms with E-state index in [2.05, 4.69) is 11.3 Å². The first-order chi connectivity index (χ1) is 10.8. The zero-order valence-corrected chi connectivity index (χ0v) is 14.1. The number of aryl methyl sites for hydroxylation is 1. The molecule has 0 radical (unpaired) electrons. The third kappa shape index (κ3) is 4.07. The molecule has 0 amide bonds. The van der Waals surface area contributed by atoms with E-state index in [1.54, 1.807) is 36.4 Å². The van der Waals surface area contributed by atoms with Crippen LogP contribution < -0.4 is 4.72 Å². The topological polar surface area (TPSA) is 63.2 Å². The molecule has 0 saturated carbocycles. The van der Waals surface area contributed by atoms with Gasteiger partial charge in [-0.15, -0.1) is 0 Å². The van der Waals surface area contributed by atoms with Crippen LogP contribution in [0.15, 0.2) is 65.6 Å². The molecule has 1 unspecified atom stereocenters. The van der Waals surface area contributed by atoms with Crippen LogP contribution in [0.2, 0.25) is 5.02 Å². The van der Waals surface area contributed by atoms with Crippen LogP contribution in [-0.2, 0) is 14.8 Å². The van der Waals surface area contributed by atoms with E-state index in [0.717, 1.165) is 5.56 Å². The van der Waals surface area contributed by atoms with Gasteiger partial charge in [0, 0.05) is 10.6 Å². The Balaban J connectivity index is 2.42. The molecule has 2 aromatic carbocycles. The molecule has 2 rings (SSSR count). The minimum absolute atomic E-state index is 0.0776. The lowest BCUT2D eigenvalue weighted by molar-refractivity contribution is -0.105. The maximum absolute atomic E-state index is 12.5. The summed E-state index contributed by atoms with van der Waals surface area (Å²) in [7, 11) is -3.82. The Bertz CT molecular complexity index is 829. The molecule has 0 spiro atoms. The zero-order chi connectivity index (χ0) is 17.0. The van der Waals surface area contributed by atoms with Gasteiger partial charge in [-0.3, -0.25) is 4.79 Å². The highest BCUT2D eigenvalue weighted by molar-refractivity contribution is 7.89. The molecule has 4 nitrogen and oxygen atoms in total. The smallest absolute Gasteiger partial charge is 0.241 e. The second-order valence-corrected chi connectivity index (χ2v) is 7.20. The van der Waals surface area contributed by atoms with Gasteiger partial charge in [0.1, 0.15) is 6.29 Å². The molecule has 0 aliphatic carbocycles. The van der Waals surface area contributed by atoms with Gasteiger partial charge in [-0.25, -0.2) is 8.42 Å². The summed E-state index contributed by atoms with van der Waals surface area (Å²) >= 11 is 6.12. The summed E-state index contributed by atoms with van der Waals surface area (Å²) in [6.45, 7) is 5.50. The monoisotopic (exact) mass is 349 g/mol. The van der Waals surface area contributed by atoms with Crippen molar-refractivity contribution in [1.82, 2.24) is 4.72 Å². The lowest BCUT2D eigenvalue weighted by atomic mass is 10.0. The van der Waals surface area contributed by atoms with Gasteiger partial charge in [0.2, 0.25) is 10.0 Å². The van der Waals surface area contributed by atoms with Crippen molar-refractivity contribution >= 4 is 27.9 Å². The summed E-state index contributed by atoms with van der Waals surface area (Å²) < 4.78 is 27.6. The molecule has 0 heterocycles. The van der Waals surface area contributed by atoms with Gasteiger partial charge in [-0.2, -0.15) is 4.72 Å². The number of rotatable bonds is 6. The number of nitrogens with one attached hydrogen (secondary N) is 1. The Morgan fingerprint density at radius 2 is 1.78 bits per heavy atom. The molecule has 0 aliphatic heterocycles. The highest BCUT2D eigenvalue weighted by atomic mass is 35.5. The SMILES string of the molecule is C=C(C=O)C(NS(=O)(=O)c1ccc(C)cc1)c1ccccc1Cl. The summed E-state index contributed by atoms with van der Waals surface area (Å²) in [6, 6.07) is 12.2. The average Bonchev–Trinajstić information content (AvgIpc) is 2.53. The second kappa shape index (κ2) is 7.08. The van der Waals surface area contributed by atoms with E-state index < -0.39 is 16.1 Å². The summed E-state index contributed by atoms with van der Waals surface area (Å²) in [6.07, 6.45) is 0.520. The normalized spacial score (nSPS) is 12.6. The van der Waals surface area contributed by atoms with Crippen LogP contribution in [0.4, 0.5) is 0 Å². The van der Waals surface area contributed by atoms with E-state index in [1.165, 1.54) is 12.1 Å². The van der Waals surface area contributed by atoms with Gasteiger partial charge in [0.05, 0.1) is 10.9 Å². The largest absolute Gasteiger partial charge is 0.298 e. The Labute approximate surface area is 140 Å². The van der Waals surface area contributed by atoms with Gasteiger partial charge >= 0.3 is 0 Å². The average molecular weight is 350 g/mol. The van der Waals surface area contributed by atoms with Gasteiger partial charge in [-0.1, -0.05) is 54.1 Å². The maximum atomic E-state index is 12.5. The molecule has 120 valence electrons. The van der Waals surface area contributed by atoms with Crippen LogP contribution in [-0.4, -0.2) is 14.7 Å². The van der Waals surface area contributed by atoms with E-state index in [4.69, 9.17) is 11.6 Å². The number of carbonyl (C=O) groups is 1. The molecule has 0 aromatic heterocycles. The van der Waals surface area contributed by atoms with E-state index in [0.29, 0.717) is 16.9 Å². The molecule has 6 heteroatoms. The van der Waals surface area contributed by atoms with Gasteiger partial charge < -0.3 is 0 Å². The van der Waals surface area contributed by atoms with Gasteiger partial charge in [0.15, 0.2) is 0 Å². The van der Waals surface area contributed by atoms with E-state index in [1.807, 2.05) is 6.92 Å². The number of sulfonamides is 1. The van der Waals surface area contributed by atoms with Crippen molar-refractivity contribution in [3.8, 4) is 0 Å². The van der Waals surface area contributed by atoms with Gasteiger partial charge in [0.25, 0.3) is 0 Å². The van der Waals surface area contributed by atoms with E-state index >= 15 is 0 Å². The Morgan fingerprint density at radius 3 is 2.35 bits per heavy atom. The van der Waals surface area contributed by atoms with Crippen LogP contribution in [0.3, 0.4) is 0 Å². The van der Waals surface area contributed by atoms with Crippen molar-refractivity contribution in [2.24, 2.45) is 0 Å². The molecule has 23 heavy (non-hydrogen) atoms. The fourth-order valence-electron chi connectivity index (χ4n) is 2.06. The molecular weight excluding hydrogens is 334 g/mol. The lowest BCUT2D eigenvalue weighted by Gasteiger charge is -2.20. The Hall–Kier alpha value is -1.95. The second-order valence-electron chi connectivity index (χ2n) is 5.08. The van der Waals surface area contributed by atoms with Crippen LogP contribution in [0, 0.1) is 6.92 Å². The van der Waals surface area contributed by atoms with Crippen molar-refractivity contribution in [2.45, 2.75) is 17.9 Å². The standard InChI is InChI=1S/C17H16ClNO3S/c1-12-7-9-14(10-8-12)23(21,22)19-17(13(2)11-20)15-5-3-4-6-16(15)18/h3-11,17,19H,2H2,1H3. The number of hydrogen-bond acceptors (Lipinski definition) is 3. The summed E-state index contributed by atoms with van der Waals surface area (Å²) in [5.74, 6) is 0. The summed E-state index contributed by atoms with van der Waals surface area (Å²) in [4.78, 5) is 11.2. The molecule has 1 atom stereocenters. The van der Waals surface area contributed by atoms with Crippen molar-refractivity contribution in [2.75, 3.05) is 0 Å². The van der Waals surface area contributed by atoms with Crippen molar-refractivity contribution in [3.05, 3.63) is 76.8 Å². The number of carbonyl (C=O) groups excluding carboxylic acids is 1. The molecule has 0 bridgehead atoms. The first-order valence-corrected chi connectivity index (χ1v) is 8.68. The maximum Gasteiger partial charge on any atom is 0.241 e. The predicted molar refractivity (Wildman–Crippen MR) is 90.9 cm³/mol. The molecular formula is C17H16ClNO3S. The highest BCUT2D eigenvalue weighted by Crippen LogP contribution is 2.28. The number of benzene rings is 2. The van der Waals surface area contributed by atoms with Gasteiger partial charge in [-0.05, 0) is 30.7 Å². The van der Waals surface area contributed by atoms with E-state index in [9.17, 15) is 13.2 Å². The molecule has 0 aliphatic rings. The third-order valence-electron chi connectivity index (χ3n) is 3.34. The van der Waals surface area contributed by atoms with Crippen LogP contribution in [0.25, 0.3) is 0 Å². The first-order valence-electron chi connectivity index (χ1n) is 6.82. The van der Waals surface area contributed by atoms with E-state index in [-0.39, 0.29) is 10.5 Å². The molecule has 1 N–H and O–H groups in total. The zero-order valence-electron chi connectivity index (χ0n) is 12.5. The first kappa shape index (κ1) is 17.4. The molecule has 0 saturated heterocycles. The summed E-state index contributed by atoms with van der Waals surface area (Å²) in [5, 5.41) is 0.354. The Kier molecular flexibility index (Phi) is 5.36. The van der Waals surface area contributed by atoms with Crippen molar-refractivity contribution < 1.29 is 13.2 Å². The minimum atomic E-state index is -3.82. The predicted octanol–water partition coefficient (Wildman–Crippen LogP) is 3.42. The Morgan fingerprint density at radius 1 is 1.17 bits per heavy atom. The minimum Gasteiger partial charge on any atom is -0.298 e. The van der Waals surface area contributed by atoms with Crippen molar-refractivity contribution in [3.63, 3.8) is 0 Å². The molecule has 2 aromatic rings. The van der Waals surface area contributed by atoms with Crippen LogP contribution >= 0.6 is 11.6 Å². The van der Waals surface area contributed by atoms with Crippen LogP contribution in [0.5, 0.6) is 0 Å². The third-order valence-corrected chi connectivity index (χ3v) is 5.13. The number of aldehydes is 1. The van der Waals surface area contributed by atoms with Crippen LogP contribution in [0.1, 0.15) is 17.2 Å². The quantitative estimate of drug-likeness (QED) is 0.642. The highest BCUT2D eigenvalue weighted by Gasteiger charge is 2.24. The lowest BCUT2D eigenvalue weighted by Crippen LogP contribution is -2.30. The molecule has 0 fully saturated rings. The number of halogens is 1. The summed E-state index contributed by atoms with van der Waals surface area (Å²) in [5.41, 5.74) is 1.50. The van der Waals surface area contributed by atoms with Crippen molar-refractivity contribution in [1.29, 1.82) is 0 Å². The number of hydrogen-bond donors (Lipinski definition) is 1. The fraction of sp³-hybridized carbons (Fsp3) is 0.118.